The molecule has 0 aliphatic carbocycles. The highest BCUT2D eigenvalue weighted by Crippen LogP contribution is 2.23. The fraction of sp³-hybridized carbons (Fsp3) is 0.875. The van der Waals surface area contributed by atoms with E-state index in [0.29, 0.717) is 12.8 Å². The fourth-order valence-electron chi connectivity index (χ4n) is 1.82. The van der Waals surface area contributed by atoms with Gasteiger partial charge < -0.3 is 4.74 Å². The molecule has 0 saturated heterocycles. The summed E-state index contributed by atoms with van der Waals surface area (Å²) in [4.78, 5) is 22.6. The summed E-state index contributed by atoms with van der Waals surface area (Å²) in [7, 11) is 0. The first-order chi connectivity index (χ1) is 9.40. The van der Waals surface area contributed by atoms with Crippen LogP contribution >= 0.6 is 11.6 Å². The molecule has 0 radical (unpaired) electrons. The standard InChI is InChI=1S/C16H29ClO3/c1-4-5-6-7-8-9-10-11-14(18)20-13-12-16(2,3)15(17)19/h4-13H2,1-3H3. The van der Waals surface area contributed by atoms with Gasteiger partial charge in [-0.25, -0.2) is 0 Å². The summed E-state index contributed by atoms with van der Waals surface area (Å²) >= 11 is 5.46. The van der Waals surface area contributed by atoms with E-state index in [-0.39, 0.29) is 17.8 Å². The van der Waals surface area contributed by atoms with Gasteiger partial charge in [-0.2, -0.15) is 0 Å². The molecule has 0 spiro atoms. The molecule has 0 aliphatic rings. The Morgan fingerprint density at radius 2 is 1.55 bits per heavy atom. The van der Waals surface area contributed by atoms with E-state index in [2.05, 4.69) is 6.92 Å². The van der Waals surface area contributed by atoms with E-state index in [4.69, 9.17) is 16.3 Å². The van der Waals surface area contributed by atoms with Crippen LogP contribution in [0.2, 0.25) is 0 Å². The predicted octanol–water partition coefficient (Wildman–Crippen LogP) is 4.85. The number of esters is 1. The maximum absolute atomic E-state index is 11.5. The lowest BCUT2D eigenvalue weighted by Gasteiger charge is -2.18. The molecule has 0 aromatic rings. The van der Waals surface area contributed by atoms with Gasteiger partial charge in [-0.15, -0.1) is 0 Å². The van der Waals surface area contributed by atoms with Gasteiger partial charge >= 0.3 is 5.97 Å². The van der Waals surface area contributed by atoms with E-state index < -0.39 is 5.41 Å². The van der Waals surface area contributed by atoms with Crippen LogP contribution in [0.25, 0.3) is 0 Å². The van der Waals surface area contributed by atoms with E-state index in [1.54, 1.807) is 13.8 Å². The molecule has 0 aromatic carbocycles. The predicted molar refractivity (Wildman–Crippen MR) is 82.8 cm³/mol. The van der Waals surface area contributed by atoms with Crippen molar-refractivity contribution in [2.45, 2.75) is 78.6 Å². The van der Waals surface area contributed by atoms with Gasteiger partial charge in [0.15, 0.2) is 0 Å². The summed E-state index contributed by atoms with van der Waals surface area (Å²) in [6.07, 6.45) is 9.23. The molecule has 0 heterocycles. The summed E-state index contributed by atoms with van der Waals surface area (Å²) in [5.74, 6) is -0.170. The number of unbranched alkanes of at least 4 members (excludes halogenated alkanes) is 6. The van der Waals surface area contributed by atoms with Crippen molar-refractivity contribution in [1.29, 1.82) is 0 Å². The number of rotatable bonds is 12. The molecule has 0 unspecified atom stereocenters. The van der Waals surface area contributed by atoms with Gasteiger partial charge in [0, 0.05) is 11.8 Å². The van der Waals surface area contributed by atoms with E-state index in [1.807, 2.05) is 0 Å². The van der Waals surface area contributed by atoms with Gasteiger partial charge in [0.2, 0.25) is 5.24 Å². The monoisotopic (exact) mass is 304 g/mol. The lowest BCUT2D eigenvalue weighted by atomic mass is 9.92. The molecule has 20 heavy (non-hydrogen) atoms. The molecule has 0 saturated carbocycles. The third-order valence-electron chi connectivity index (χ3n) is 3.51. The smallest absolute Gasteiger partial charge is 0.305 e. The highest BCUT2D eigenvalue weighted by Gasteiger charge is 2.25. The summed E-state index contributed by atoms with van der Waals surface area (Å²) in [5, 5.41) is -0.388. The van der Waals surface area contributed by atoms with Crippen LogP contribution in [0, 0.1) is 5.41 Å². The van der Waals surface area contributed by atoms with Crippen LogP contribution in [0.1, 0.15) is 78.6 Å². The Hall–Kier alpha value is -0.570. The first-order valence-electron chi connectivity index (χ1n) is 7.75. The van der Waals surface area contributed by atoms with Crippen LogP contribution in [0.3, 0.4) is 0 Å². The third-order valence-corrected chi connectivity index (χ3v) is 4.02. The van der Waals surface area contributed by atoms with Crippen LogP contribution in [0.5, 0.6) is 0 Å². The van der Waals surface area contributed by atoms with Crippen LogP contribution in [0.15, 0.2) is 0 Å². The Bertz CT molecular complexity index is 287. The number of carbonyl (C=O) groups excluding carboxylic acids is 2. The van der Waals surface area contributed by atoms with Crippen molar-refractivity contribution in [3.05, 3.63) is 0 Å². The largest absolute Gasteiger partial charge is 0.466 e. The zero-order valence-corrected chi connectivity index (χ0v) is 13.9. The minimum absolute atomic E-state index is 0.170. The molecule has 0 bridgehead atoms. The topological polar surface area (TPSA) is 43.4 Å². The van der Waals surface area contributed by atoms with Gasteiger partial charge in [-0.1, -0.05) is 59.3 Å². The molecule has 0 rings (SSSR count). The Morgan fingerprint density at radius 3 is 2.10 bits per heavy atom. The van der Waals surface area contributed by atoms with E-state index in [1.165, 1.54) is 32.1 Å². The van der Waals surface area contributed by atoms with Crippen molar-refractivity contribution >= 4 is 22.8 Å². The van der Waals surface area contributed by atoms with Crippen molar-refractivity contribution < 1.29 is 14.3 Å². The van der Waals surface area contributed by atoms with Crippen LogP contribution in [-0.2, 0) is 14.3 Å². The molecule has 0 aliphatic heterocycles. The molecule has 0 amide bonds. The number of ether oxygens (including phenoxy) is 1. The molecule has 0 fully saturated rings. The summed E-state index contributed by atoms with van der Waals surface area (Å²) in [6, 6.07) is 0. The van der Waals surface area contributed by atoms with Crippen LogP contribution < -0.4 is 0 Å². The second-order valence-electron chi connectivity index (χ2n) is 6.00. The van der Waals surface area contributed by atoms with Crippen molar-refractivity contribution in [2.75, 3.05) is 6.61 Å². The van der Waals surface area contributed by atoms with Crippen molar-refractivity contribution in [1.82, 2.24) is 0 Å². The highest BCUT2D eigenvalue weighted by atomic mass is 35.5. The second-order valence-corrected chi connectivity index (χ2v) is 6.34. The lowest BCUT2D eigenvalue weighted by Crippen LogP contribution is -2.22. The summed E-state index contributed by atoms with van der Waals surface area (Å²) in [5.41, 5.74) is -0.624. The van der Waals surface area contributed by atoms with Crippen molar-refractivity contribution in [2.24, 2.45) is 5.41 Å². The minimum Gasteiger partial charge on any atom is -0.466 e. The average molecular weight is 305 g/mol. The fourth-order valence-corrected chi connectivity index (χ4v) is 1.91. The van der Waals surface area contributed by atoms with Crippen LogP contribution in [0.4, 0.5) is 0 Å². The maximum Gasteiger partial charge on any atom is 0.305 e. The SMILES string of the molecule is CCCCCCCCCC(=O)OCCC(C)(C)C(=O)Cl. The van der Waals surface area contributed by atoms with E-state index in [0.717, 1.165) is 12.8 Å². The van der Waals surface area contributed by atoms with E-state index in [9.17, 15) is 9.59 Å². The summed E-state index contributed by atoms with van der Waals surface area (Å²) in [6.45, 7) is 5.98. The zero-order valence-electron chi connectivity index (χ0n) is 13.2. The first-order valence-corrected chi connectivity index (χ1v) is 8.13. The van der Waals surface area contributed by atoms with E-state index >= 15 is 0 Å². The Morgan fingerprint density at radius 1 is 1.00 bits per heavy atom. The molecule has 0 aromatic heterocycles. The van der Waals surface area contributed by atoms with Gasteiger partial charge in [-0.05, 0) is 24.4 Å². The maximum atomic E-state index is 11.5. The molecule has 0 N–H and O–H groups in total. The normalized spacial score (nSPS) is 11.4. The third kappa shape index (κ3) is 10.2. The molecule has 0 atom stereocenters. The quantitative estimate of drug-likeness (QED) is 0.294. The molecule has 4 heteroatoms. The Labute approximate surface area is 128 Å². The zero-order chi connectivity index (χ0) is 15.4. The number of hydrogen-bond donors (Lipinski definition) is 0. The molecule has 118 valence electrons. The lowest BCUT2D eigenvalue weighted by molar-refractivity contribution is -0.145. The Kier molecular flexibility index (Phi) is 10.8. The van der Waals surface area contributed by atoms with Gasteiger partial charge in [0.1, 0.15) is 0 Å². The first kappa shape index (κ1) is 19.4. The molecule has 3 nitrogen and oxygen atoms in total. The van der Waals surface area contributed by atoms with Crippen LogP contribution in [-0.4, -0.2) is 17.8 Å². The average Bonchev–Trinajstić information content (AvgIpc) is 2.37. The Balaban J connectivity index is 3.49. The molecular formula is C16H29ClO3. The van der Waals surface area contributed by atoms with Gasteiger partial charge in [-0.3, -0.25) is 9.59 Å². The number of halogens is 1. The summed E-state index contributed by atoms with van der Waals surface area (Å²) < 4.78 is 5.12. The highest BCUT2D eigenvalue weighted by molar-refractivity contribution is 6.64. The van der Waals surface area contributed by atoms with Crippen molar-refractivity contribution in [3.8, 4) is 0 Å². The number of hydrogen-bond acceptors (Lipinski definition) is 3. The minimum atomic E-state index is -0.624. The number of carbonyl (C=O) groups is 2. The van der Waals surface area contributed by atoms with Gasteiger partial charge in [0.25, 0.3) is 0 Å². The molecular weight excluding hydrogens is 276 g/mol. The van der Waals surface area contributed by atoms with Crippen molar-refractivity contribution in [3.63, 3.8) is 0 Å². The van der Waals surface area contributed by atoms with Gasteiger partial charge in [0.05, 0.1) is 6.61 Å². The second kappa shape index (κ2) is 11.1.